The van der Waals surface area contributed by atoms with Gasteiger partial charge in [-0.3, -0.25) is 9.48 Å². The lowest BCUT2D eigenvalue weighted by molar-refractivity contribution is -0.123. The second-order valence-corrected chi connectivity index (χ2v) is 7.04. The predicted molar refractivity (Wildman–Crippen MR) is 97.5 cm³/mol. The van der Waals surface area contributed by atoms with Crippen molar-refractivity contribution in [2.45, 2.75) is 38.6 Å². The Hall–Kier alpha value is -2.96. The molecule has 0 atom stereocenters. The third-order valence-corrected chi connectivity index (χ3v) is 5.04. The minimum absolute atomic E-state index is 0.0718. The standard InChI is InChI=1S/C20H21FN4O2/c1-13-11-14(2)25(23-13)10-9-22-19(26)20(7-8-20)18-12-17(27-24-18)15-5-3-4-6-16(15)21/h3-6,11-12H,7-10H2,1-2H3,(H,22,26). The Balaban J connectivity index is 1.44. The van der Waals surface area contributed by atoms with Gasteiger partial charge in [0.1, 0.15) is 5.82 Å². The van der Waals surface area contributed by atoms with Crippen LogP contribution in [0.4, 0.5) is 4.39 Å². The molecule has 1 aliphatic carbocycles. The molecule has 4 rings (SSSR count). The van der Waals surface area contributed by atoms with Gasteiger partial charge >= 0.3 is 0 Å². The van der Waals surface area contributed by atoms with Crippen LogP contribution in [0.3, 0.4) is 0 Å². The number of halogens is 1. The summed E-state index contributed by atoms with van der Waals surface area (Å²) in [6, 6.07) is 10.0. The fraction of sp³-hybridized carbons (Fsp3) is 0.350. The zero-order valence-corrected chi connectivity index (χ0v) is 15.3. The van der Waals surface area contributed by atoms with Crippen molar-refractivity contribution in [2.75, 3.05) is 6.54 Å². The minimum Gasteiger partial charge on any atom is -0.356 e. The Kier molecular flexibility index (Phi) is 4.30. The zero-order chi connectivity index (χ0) is 19.0. The lowest BCUT2D eigenvalue weighted by Gasteiger charge is -2.13. The number of hydrogen-bond acceptors (Lipinski definition) is 4. The van der Waals surface area contributed by atoms with Crippen molar-refractivity contribution in [1.82, 2.24) is 20.3 Å². The summed E-state index contributed by atoms with van der Waals surface area (Å²) in [4.78, 5) is 12.7. The van der Waals surface area contributed by atoms with Crippen LogP contribution < -0.4 is 5.32 Å². The molecule has 3 aromatic rings. The number of rotatable bonds is 6. The molecule has 0 saturated heterocycles. The molecule has 1 N–H and O–H groups in total. The van der Waals surface area contributed by atoms with Gasteiger partial charge in [-0.25, -0.2) is 4.39 Å². The third-order valence-electron chi connectivity index (χ3n) is 5.04. The lowest BCUT2D eigenvalue weighted by Crippen LogP contribution is -2.37. The van der Waals surface area contributed by atoms with E-state index in [-0.39, 0.29) is 11.7 Å². The smallest absolute Gasteiger partial charge is 0.232 e. The molecule has 0 aliphatic heterocycles. The molecule has 1 aromatic carbocycles. The van der Waals surface area contributed by atoms with E-state index < -0.39 is 5.41 Å². The molecule has 2 aromatic heterocycles. The molecule has 6 nitrogen and oxygen atoms in total. The van der Waals surface area contributed by atoms with E-state index in [4.69, 9.17) is 4.52 Å². The van der Waals surface area contributed by atoms with E-state index in [1.54, 1.807) is 24.3 Å². The first kappa shape index (κ1) is 17.5. The number of aromatic nitrogens is 3. The molecular weight excluding hydrogens is 347 g/mol. The van der Waals surface area contributed by atoms with Gasteiger partial charge in [0, 0.05) is 18.3 Å². The SMILES string of the molecule is Cc1cc(C)n(CCNC(=O)C2(c3cc(-c4ccccc4F)on3)CC2)n1. The molecule has 0 radical (unpaired) electrons. The Bertz CT molecular complexity index is 988. The van der Waals surface area contributed by atoms with E-state index >= 15 is 0 Å². The molecule has 0 unspecified atom stereocenters. The molecule has 2 heterocycles. The number of carbonyl (C=O) groups is 1. The second-order valence-electron chi connectivity index (χ2n) is 7.04. The van der Waals surface area contributed by atoms with Crippen molar-refractivity contribution in [3.63, 3.8) is 0 Å². The van der Waals surface area contributed by atoms with Crippen molar-refractivity contribution < 1.29 is 13.7 Å². The largest absolute Gasteiger partial charge is 0.356 e. The van der Waals surface area contributed by atoms with Crippen LogP contribution in [0.1, 0.15) is 29.9 Å². The van der Waals surface area contributed by atoms with E-state index in [2.05, 4.69) is 15.6 Å². The van der Waals surface area contributed by atoms with Crippen LogP contribution in [0.2, 0.25) is 0 Å². The maximum Gasteiger partial charge on any atom is 0.232 e. The number of carbonyl (C=O) groups excluding carboxylic acids is 1. The van der Waals surface area contributed by atoms with E-state index in [1.165, 1.54) is 6.07 Å². The topological polar surface area (TPSA) is 73.0 Å². The zero-order valence-electron chi connectivity index (χ0n) is 15.3. The number of amides is 1. The highest BCUT2D eigenvalue weighted by molar-refractivity contribution is 5.91. The molecule has 1 saturated carbocycles. The molecular formula is C20H21FN4O2. The second kappa shape index (κ2) is 6.64. The molecule has 27 heavy (non-hydrogen) atoms. The van der Waals surface area contributed by atoms with Crippen LogP contribution in [0.25, 0.3) is 11.3 Å². The molecule has 7 heteroatoms. The first-order chi connectivity index (χ1) is 13.0. The minimum atomic E-state index is -0.665. The van der Waals surface area contributed by atoms with Gasteiger partial charge in [0.25, 0.3) is 0 Å². The van der Waals surface area contributed by atoms with Gasteiger partial charge in [-0.15, -0.1) is 0 Å². The van der Waals surface area contributed by atoms with Crippen molar-refractivity contribution in [2.24, 2.45) is 0 Å². The molecule has 0 spiro atoms. The van der Waals surface area contributed by atoms with Gasteiger partial charge in [-0.05, 0) is 44.9 Å². The normalized spacial score (nSPS) is 14.9. The van der Waals surface area contributed by atoms with Gasteiger partial charge in [0.05, 0.1) is 28.9 Å². The summed E-state index contributed by atoms with van der Waals surface area (Å²) in [6.07, 6.45) is 1.42. The highest BCUT2D eigenvalue weighted by Crippen LogP contribution is 2.48. The fourth-order valence-electron chi connectivity index (χ4n) is 3.36. The summed E-state index contributed by atoms with van der Waals surface area (Å²) in [5.74, 6) is -0.110. The molecule has 1 fully saturated rings. The van der Waals surface area contributed by atoms with Gasteiger partial charge in [-0.2, -0.15) is 5.10 Å². The average molecular weight is 368 g/mol. The highest BCUT2D eigenvalue weighted by atomic mass is 19.1. The molecule has 1 aliphatic rings. The first-order valence-corrected chi connectivity index (χ1v) is 9.01. The van der Waals surface area contributed by atoms with E-state index in [1.807, 2.05) is 24.6 Å². The van der Waals surface area contributed by atoms with Gasteiger partial charge in [-0.1, -0.05) is 17.3 Å². The van der Waals surface area contributed by atoms with Crippen LogP contribution in [-0.2, 0) is 16.8 Å². The van der Waals surface area contributed by atoms with Crippen LogP contribution in [0, 0.1) is 19.7 Å². The summed E-state index contributed by atoms with van der Waals surface area (Å²) in [5.41, 5.74) is 2.26. The Morgan fingerprint density at radius 2 is 2.07 bits per heavy atom. The number of aryl methyl sites for hydroxylation is 2. The Morgan fingerprint density at radius 1 is 1.30 bits per heavy atom. The summed E-state index contributed by atoms with van der Waals surface area (Å²) in [7, 11) is 0. The van der Waals surface area contributed by atoms with E-state index in [0.29, 0.717) is 42.9 Å². The summed E-state index contributed by atoms with van der Waals surface area (Å²) >= 11 is 0. The van der Waals surface area contributed by atoms with Gasteiger partial charge in [0.15, 0.2) is 5.76 Å². The Morgan fingerprint density at radius 3 is 2.74 bits per heavy atom. The maximum absolute atomic E-state index is 13.9. The molecule has 1 amide bonds. The highest BCUT2D eigenvalue weighted by Gasteiger charge is 2.53. The summed E-state index contributed by atoms with van der Waals surface area (Å²) in [6.45, 7) is 5.03. The van der Waals surface area contributed by atoms with Crippen LogP contribution >= 0.6 is 0 Å². The maximum atomic E-state index is 13.9. The van der Waals surface area contributed by atoms with Crippen molar-refractivity contribution in [1.29, 1.82) is 0 Å². The summed E-state index contributed by atoms with van der Waals surface area (Å²) in [5, 5.41) is 11.4. The van der Waals surface area contributed by atoms with Crippen LogP contribution in [0.5, 0.6) is 0 Å². The van der Waals surface area contributed by atoms with Crippen LogP contribution in [0.15, 0.2) is 40.9 Å². The van der Waals surface area contributed by atoms with Gasteiger partial charge < -0.3 is 9.84 Å². The van der Waals surface area contributed by atoms with Crippen LogP contribution in [-0.4, -0.2) is 27.4 Å². The van der Waals surface area contributed by atoms with Crippen molar-refractivity contribution in [3.05, 3.63) is 59.3 Å². The van der Waals surface area contributed by atoms with Crippen molar-refractivity contribution in [3.8, 4) is 11.3 Å². The Labute approximate surface area is 156 Å². The fourth-order valence-corrected chi connectivity index (χ4v) is 3.36. The predicted octanol–water partition coefficient (Wildman–Crippen LogP) is 3.14. The number of hydrogen-bond donors (Lipinski definition) is 1. The quantitative estimate of drug-likeness (QED) is 0.725. The third kappa shape index (κ3) is 3.25. The van der Waals surface area contributed by atoms with E-state index in [9.17, 15) is 9.18 Å². The molecule has 0 bridgehead atoms. The average Bonchev–Trinajstić information content (AvgIpc) is 3.19. The lowest BCUT2D eigenvalue weighted by atomic mass is 10.0. The van der Waals surface area contributed by atoms with E-state index in [0.717, 1.165) is 11.4 Å². The van der Waals surface area contributed by atoms with Crippen molar-refractivity contribution >= 4 is 5.91 Å². The number of benzene rings is 1. The number of nitrogens with zero attached hydrogens (tertiary/aromatic N) is 3. The summed E-state index contributed by atoms with van der Waals surface area (Å²) < 4.78 is 21.1. The first-order valence-electron chi connectivity index (χ1n) is 9.01. The number of nitrogens with one attached hydrogen (secondary N) is 1. The monoisotopic (exact) mass is 368 g/mol. The van der Waals surface area contributed by atoms with Gasteiger partial charge in [0.2, 0.25) is 5.91 Å². The molecule has 140 valence electrons.